The third kappa shape index (κ3) is 4.22. The summed E-state index contributed by atoms with van der Waals surface area (Å²) in [6.07, 6.45) is 1.35. The van der Waals surface area contributed by atoms with Crippen LogP contribution in [0.5, 0.6) is 0 Å². The topological polar surface area (TPSA) is 98.6 Å². The van der Waals surface area contributed by atoms with Gasteiger partial charge in [0, 0.05) is 0 Å². The van der Waals surface area contributed by atoms with Crippen molar-refractivity contribution in [2.75, 3.05) is 6.61 Å². The van der Waals surface area contributed by atoms with Crippen molar-refractivity contribution in [3.8, 4) is 0 Å². The minimum Gasteiger partial charge on any atom is -0.462 e. The lowest BCUT2D eigenvalue weighted by atomic mass is 10.3. The highest BCUT2D eigenvalue weighted by Gasteiger charge is 2.12. The molecule has 0 spiro atoms. The fourth-order valence-electron chi connectivity index (χ4n) is 0.703. The van der Waals surface area contributed by atoms with E-state index in [2.05, 4.69) is 15.6 Å². The van der Waals surface area contributed by atoms with E-state index in [4.69, 9.17) is 9.94 Å². The van der Waals surface area contributed by atoms with Gasteiger partial charge in [0.05, 0.1) is 12.8 Å². The first-order valence-corrected chi connectivity index (χ1v) is 3.60. The molecule has 0 unspecified atom stereocenters. The van der Waals surface area contributed by atoms with Gasteiger partial charge in [-0.15, -0.1) is 12.4 Å². The van der Waals surface area contributed by atoms with Gasteiger partial charge in [-0.3, -0.25) is 0 Å². The standard InChI is InChI=1S/C7H9NO3.ClH.H3NO/c1-3-10-7(9)6-4-8-11-5(6)2;;1-2/h4H,3H2,1-2H3;1H;2H,1H2. The highest BCUT2D eigenvalue weighted by molar-refractivity contribution is 5.89. The number of hydrogen-bond donors (Lipinski definition) is 2. The first-order chi connectivity index (χ1) is 6.25. The Balaban J connectivity index is 0. The highest BCUT2D eigenvalue weighted by atomic mass is 35.5. The number of nitrogens with zero attached hydrogens (tertiary/aromatic N) is 1. The molecule has 0 fully saturated rings. The highest BCUT2D eigenvalue weighted by Crippen LogP contribution is 2.06. The predicted molar refractivity (Wildman–Crippen MR) is 50.4 cm³/mol. The van der Waals surface area contributed by atoms with Gasteiger partial charge in [0.25, 0.3) is 0 Å². The molecule has 1 heterocycles. The molecule has 14 heavy (non-hydrogen) atoms. The molecule has 0 bridgehead atoms. The van der Waals surface area contributed by atoms with Gasteiger partial charge in [0.15, 0.2) is 0 Å². The maximum atomic E-state index is 11.0. The number of ether oxygens (including phenoxy) is 1. The summed E-state index contributed by atoms with van der Waals surface area (Å²) < 4.78 is 9.41. The van der Waals surface area contributed by atoms with Crippen LogP contribution in [-0.2, 0) is 4.74 Å². The smallest absolute Gasteiger partial charge is 0.343 e. The van der Waals surface area contributed by atoms with Crippen LogP contribution in [0.4, 0.5) is 0 Å². The number of nitrogens with two attached hydrogens (primary N) is 1. The SMILES string of the molecule is CCOC(=O)c1cnoc1C.Cl.NO. The Labute approximate surface area is 87.4 Å². The molecule has 0 aliphatic heterocycles. The van der Waals surface area contributed by atoms with Crippen LogP contribution in [0.25, 0.3) is 0 Å². The van der Waals surface area contributed by atoms with Crippen LogP contribution >= 0.6 is 12.4 Å². The Morgan fingerprint density at radius 2 is 2.29 bits per heavy atom. The van der Waals surface area contributed by atoms with Crippen LogP contribution in [0.2, 0.25) is 0 Å². The van der Waals surface area contributed by atoms with E-state index < -0.39 is 0 Å². The molecule has 7 heteroatoms. The van der Waals surface area contributed by atoms with Gasteiger partial charge in [-0.2, -0.15) is 0 Å². The van der Waals surface area contributed by atoms with E-state index in [0.717, 1.165) is 0 Å². The molecule has 82 valence electrons. The third-order valence-electron chi connectivity index (χ3n) is 1.25. The third-order valence-corrected chi connectivity index (χ3v) is 1.25. The zero-order valence-electron chi connectivity index (χ0n) is 7.89. The number of aryl methyl sites for hydroxylation is 1. The molecule has 3 N–H and O–H groups in total. The van der Waals surface area contributed by atoms with Crippen LogP contribution in [0.3, 0.4) is 0 Å². The second-order valence-electron chi connectivity index (χ2n) is 2.02. The Kier molecular flexibility index (Phi) is 9.31. The summed E-state index contributed by atoms with van der Waals surface area (Å²) in [5, 5.41) is 9.95. The first kappa shape index (κ1) is 15.4. The second-order valence-corrected chi connectivity index (χ2v) is 2.02. The van der Waals surface area contributed by atoms with Gasteiger partial charge >= 0.3 is 5.97 Å². The molecule has 0 aliphatic rings. The maximum Gasteiger partial charge on any atom is 0.343 e. The van der Waals surface area contributed by atoms with Crippen molar-refractivity contribution in [1.29, 1.82) is 0 Å². The average Bonchev–Trinajstić information content (AvgIpc) is 2.55. The van der Waals surface area contributed by atoms with Crippen molar-refractivity contribution < 1.29 is 19.3 Å². The predicted octanol–water partition coefficient (Wildman–Crippen LogP) is 0.916. The number of esters is 1. The van der Waals surface area contributed by atoms with Crippen molar-refractivity contribution in [2.24, 2.45) is 5.90 Å². The zero-order valence-corrected chi connectivity index (χ0v) is 8.71. The van der Waals surface area contributed by atoms with Crippen molar-refractivity contribution in [2.45, 2.75) is 13.8 Å². The quantitative estimate of drug-likeness (QED) is 0.572. The summed E-state index contributed by atoms with van der Waals surface area (Å²) in [6.45, 7) is 3.78. The molecule has 1 aromatic heterocycles. The molecular formula is C7H13ClN2O4. The molecule has 1 rings (SSSR count). The number of rotatable bonds is 2. The lowest BCUT2D eigenvalue weighted by Crippen LogP contribution is -2.04. The van der Waals surface area contributed by atoms with E-state index in [1.807, 2.05) is 0 Å². The number of carbonyl (C=O) groups is 1. The zero-order chi connectivity index (χ0) is 10.3. The number of aromatic nitrogens is 1. The molecule has 1 aromatic rings. The molecule has 0 radical (unpaired) electrons. The van der Waals surface area contributed by atoms with E-state index in [0.29, 0.717) is 17.9 Å². The van der Waals surface area contributed by atoms with Crippen molar-refractivity contribution in [1.82, 2.24) is 5.16 Å². The Morgan fingerprint density at radius 3 is 2.64 bits per heavy atom. The van der Waals surface area contributed by atoms with Gasteiger partial charge in [-0.05, 0) is 13.8 Å². The van der Waals surface area contributed by atoms with Crippen molar-refractivity contribution in [3.63, 3.8) is 0 Å². The normalized spacial score (nSPS) is 8.00. The number of hydrogen-bond acceptors (Lipinski definition) is 6. The molecule has 0 atom stereocenters. The molecule has 0 aromatic carbocycles. The van der Waals surface area contributed by atoms with E-state index in [-0.39, 0.29) is 18.4 Å². The summed E-state index contributed by atoms with van der Waals surface area (Å²) in [5.41, 5.74) is 0.395. The number of halogens is 1. The Hall–Kier alpha value is -1.11. The Morgan fingerprint density at radius 1 is 1.71 bits per heavy atom. The molecular weight excluding hydrogens is 212 g/mol. The van der Waals surface area contributed by atoms with E-state index >= 15 is 0 Å². The maximum absolute atomic E-state index is 11.0. The summed E-state index contributed by atoms with van der Waals surface area (Å²) >= 11 is 0. The fraction of sp³-hybridized carbons (Fsp3) is 0.429. The lowest BCUT2D eigenvalue weighted by Gasteiger charge is -1.96. The minimum atomic E-state index is -0.383. The summed E-state index contributed by atoms with van der Waals surface area (Å²) in [7, 11) is 0. The van der Waals surface area contributed by atoms with Crippen LogP contribution < -0.4 is 5.90 Å². The van der Waals surface area contributed by atoms with Crippen molar-refractivity contribution >= 4 is 18.4 Å². The molecule has 0 aliphatic carbocycles. The lowest BCUT2D eigenvalue weighted by molar-refractivity contribution is 0.0524. The molecule has 0 saturated carbocycles. The Bertz CT molecular complexity index is 264. The summed E-state index contributed by atoms with van der Waals surface area (Å²) in [5.74, 6) is 3.61. The first-order valence-electron chi connectivity index (χ1n) is 3.60. The van der Waals surface area contributed by atoms with Crippen molar-refractivity contribution in [3.05, 3.63) is 17.5 Å². The van der Waals surface area contributed by atoms with E-state index in [9.17, 15) is 4.79 Å². The largest absolute Gasteiger partial charge is 0.462 e. The van der Waals surface area contributed by atoms with Gasteiger partial charge in [0.1, 0.15) is 11.3 Å². The van der Waals surface area contributed by atoms with Gasteiger partial charge < -0.3 is 14.5 Å². The van der Waals surface area contributed by atoms with Crippen LogP contribution in [-0.4, -0.2) is 22.9 Å². The summed E-state index contributed by atoms with van der Waals surface area (Å²) in [6, 6.07) is 0. The second kappa shape index (κ2) is 8.49. The average molecular weight is 225 g/mol. The fourth-order valence-corrected chi connectivity index (χ4v) is 0.703. The van der Waals surface area contributed by atoms with Crippen LogP contribution in [0, 0.1) is 6.92 Å². The van der Waals surface area contributed by atoms with Crippen LogP contribution in [0.15, 0.2) is 10.7 Å². The minimum absolute atomic E-state index is 0. The molecule has 0 amide bonds. The van der Waals surface area contributed by atoms with Gasteiger partial charge in [-0.25, -0.2) is 10.7 Å². The monoisotopic (exact) mass is 224 g/mol. The van der Waals surface area contributed by atoms with E-state index in [1.165, 1.54) is 6.20 Å². The van der Waals surface area contributed by atoms with E-state index in [1.54, 1.807) is 13.8 Å². The van der Waals surface area contributed by atoms with Crippen LogP contribution in [0.1, 0.15) is 23.0 Å². The summed E-state index contributed by atoms with van der Waals surface area (Å²) in [4.78, 5) is 11.0. The van der Waals surface area contributed by atoms with Gasteiger partial charge in [0.2, 0.25) is 0 Å². The molecule has 6 nitrogen and oxygen atoms in total. The number of carbonyl (C=O) groups excluding carboxylic acids is 1. The molecule has 0 saturated heterocycles. The van der Waals surface area contributed by atoms with Gasteiger partial charge in [-0.1, -0.05) is 5.16 Å².